The summed E-state index contributed by atoms with van der Waals surface area (Å²) in [6.45, 7) is 0. The van der Waals surface area contributed by atoms with Crippen molar-refractivity contribution in [2.45, 2.75) is 0 Å². The van der Waals surface area contributed by atoms with E-state index in [1.54, 1.807) is 17.7 Å². The quantitative estimate of drug-likeness (QED) is 0.228. The molecule has 0 bridgehead atoms. The standard InChI is InChI=1S/C34H20N2S2/c1-3-16-29-26(12-1)27-15-7-14-25(33(27)37-29)23-10-5-8-21(18-23)22-9-6-11-24(19-22)31-34-32(36-20-35-31)28-13-2-4-17-30(28)38-34/h1-20H/i1D,3D,7D,12D,14D,15D,16D. The second-order valence-corrected chi connectivity index (χ2v) is 11.0. The predicted octanol–water partition coefficient (Wildman–Crippen LogP) is 10.2. The summed E-state index contributed by atoms with van der Waals surface area (Å²) in [4.78, 5) is 9.24. The first-order valence-electron chi connectivity index (χ1n) is 15.5. The summed E-state index contributed by atoms with van der Waals surface area (Å²) < 4.78 is 62.6. The maximum atomic E-state index is 8.88. The van der Waals surface area contributed by atoms with Gasteiger partial charge in [-0.05, 0) is 46.5 Å². The maximum absolute atomic E-state index is 8.88. The molecule has 0 spiro atoms. The van der Waals surface area contributed by atoms with Crippen molar-refractivity contribution in [2.75, 3.05) is 0 Å². The van der Waals surface area contributed by atoms with Crippen LogP contribution < -0.4 is 0 Å². The minimum absolute atomic E-state index is 0.117. The first-order valence-corrected chi connectivity index (χ1v) is 13.6. The number of hydrogen-bond donors (Lipinski definition) is 0. The molecular weight excluding hydrogens is 501 g/mol. The molecule has 0 radical (unpaired) electrons. The van der Waals surface area contributed by atoms with Gasteiger partial charge in [0, 0.05) is 35.8 Å². The van der Waals surface area contributed by atoms with E-state index in [9.17, 15) is 0 Å². The molecule has 0 aliphatic rings. The molecule has 3 aromatic heterocycles. The molecule has 4 heteroatoms. The topological polar surface area (TPSA) is 25.8 Å². The van der Waals surface area contributed by atoms with Gasteiger partial charge in [-0.3, -0.25) is 0 Å². The lowest BCUT2D eigenvalue weighted by atomic mass is 9.96. The van der Waals surface area contributed by atoms with Crippen LogP contribution in [0.5, 0.6) is 0 Å². The molecule has 0 saturated carbocycles. The lowest BCUT2D eigenvalue weighted by Gasteiger charge is -2.09. The first-order chi connectivity index (χ1) is 21.7. The lowest BCUT2D eigenvalue weighted by molar-refractivity contribution is 1.24. The SMILES string of the molecule is [2H]c1c([2H])c([2H])c2c(sc3c(-c4cccc(-c5cccc(-c6ncnc7c6sc6ccccc67)c5)c4)c([2H])c([2H])c([2H])c32)c1[2H]. The van der Waals surface area contributed by atoms with Crippen LogP contribution >= 0.6 is 22.7 Å². The summed E-state index contributed by atoms with van der Waals surface area (Å²) in [5.41, 5.74) is 5.64. The molecule has 8 rings (SSSR count). The van der Waals surface area contributed by atoms with Crippen molar-refractivity contribution in [3.8, 4) is 33.5 Å². The van der Waals surface area contributed by atoms with Crippen molar-refractivity contribution in [2.24, 2.45) is 0 Å². The third-order valence-electron chi connectivity index (χ3n) is 6.71. The van der Waals surface area contributed by atoms with Crippen LogP contribution in [0.4, 0.5) is 0 Å². The van der Waals surface area contributed by atoms with Crippen LogP contribution in [-0.2, 0) is 0 Å². The van der Waals surface area contributed by atoms with E-state index >= 15 is 0 Å². The van der Waals surface area contributed by atoms with E-state index in [0.717, 1.165) is 54.0 Å². The van der Waals surface area contributed by atoms with Crippen LogP contribution in [0.1, 0.15) is 9.60 Å². The molecule has 0 aliphatic carbocycles. The second-order valence-electron chi connectivity index (χ2n) is 8.92. The van der Waals surface area contributed by atoms with Crippen molar-refractivity contribution < 1.29 is 9.60 Å². The molecule has 3 heterocycles. The number of aromatic nitrogens is 2. The molecule has 0 atom stereocenters. The van der Waals surface area contributed by atoms with Crippen LogP contribution in [0.25, 0.3) is 74.0 Å². The maximum Gasteiger partial charge on any atom is 0.116 e. The molecule has 5 aromatic carbocycles. The third kappa shape index (κ3) is 3.38. The van der Waals surface area contributed by atoms with Gasteiger partial charge in [-0.15, -0.1) is 22.7 Å². The van der Waals surface area contributed by atoms with Gasteiger partial charge in [-0.25, -0.2) is 9.97 Å². The van der Waals surface area contributed by atoms with Crippen LogP contribution in [0.15, 0.2) is 121 Å². The van der Waals surface area contributed by atoms with Crippen LogP contribution in [0.3, 0.4) is 0 Å². The van der Waals surface area contributed by atoms with Gasteiger partial charge in [0.15, 0.2) is 0 Å². The van der Waals surface area contributed by atoms with Crippen molar-refractivity contribution in [3.05, 3.63) is 121 Å². The van der Waals surface area contributed by atoms with Crippen LogP contribution in [-0.4, -0.2) is 9.97 Å². The zero-order valence-electron chi connectivity index (χ0n) is 26.7. The smallest absolute Gasteiger partial charge is 0.116 e. The highest BCUT2D eigenvalue weighted by Gasteiger charge is 2.14. The Kier molecular flexibility index (Phi) is 3.57. The van der Waals surface area contributed by atoms with Gasteiger partial charge in [-0.1, -0.05) is 90.9 Å². The Labute approximate surface area is 237 Å². The van der Waals surface area contributed by atoms with Gasteiger partial charge >= 0.3 is 0 Å². The zero-order valence-corrected chi connectivity index (χ0v) is 21.3. The third-order valence-corrected chi connectivity index (χ3v) is 9.00. The van der Waals surface area contributed by atoms with Gasteiger partial charge < -0.3 is 0 Å². The Morgan fingerprint density at radius 3 is 2.21 bits per heavy atom. The largest absolute Gasteiger partial charge is 0.235 e. The Morgan fingerprint density at radius 1 is 0.553 bits per heavy atom. The summed E-state index contributed by atoms with van der Waals surface area (Å²) in [6, 6.07) is 22.2. The molecule has 178 valence electrons. The average Bonchev–Trinajstić information content (AvgIpc) is 3.65. The van der Waals surface area contributed by atoms with E-state index in [-0.39, 0.29) is 53.1 Å². The van der Waals surface area contributed by atoms with E-state index in [2.05, 4.69) is 28.2 Å². The Bertz CT molecular complexity index is 2540. The Morgan fingerprint density at radius 2 is 1.29 bits per heavy atom. The predicted molar refractivity (Wildman–Crippen MR) is 164 cm³/mol. The summed E-state index contributed by atoms with van der Waals surface area (Å²) in [6.07, 6.45) is 1.60. The number of rotatable bonds is 3. The molecule has 0 fully saturated rings. The minimum Gasteiger partial charge on any atom is -0.235 e. The monoisotopic (exact) mass is 527 g/mol. The van der Waals surface area contributed by atoms with E-state index in [1.807, 2.05) is 54.6 Å². The van der Waals surface area contributed by atoms with Crippen LogP contribution in [0, 0.1) is 0 Å². The summed E-state index contributed by atoms with van der Waals surface area (Å²) in [5, 5.41) is 1.60. The highest BCUT2D eigenvalue weighted by atomic mass is 32.1. The molecule has 2 nitrogen and oxygen atoms in total. The molecule has 8 aromatic rings. The zero-order chi connectivity index (χ0) is 31.1. The fourth-order valence-corrected chi connectivity index (χ4v) is 7.22. The fourth-order valence-electron chi connectivity index (χ4n) is 4.96. The van der Waals surface area contributed by atoms with E-state index in [4.69, 9.17) is 9.60 Å². The second kappa shape index (κ2) is 8.59. The Hall–Kier alpha value is -4.38. The van der Waals surface area contributed by atoms with Gasteiger partial charge in [0.2, 0.25) is 0 Å². The first kappa shape index (κ1) is 15.8. The number of hydrogen-bond acceptors (Lipinski definition) is 4. The molecule has 0 saturated heterocycles. The number of nitrogens with zero attached hydrogens (tertiary/aromatic N) is 2. The number of fused-ring (bicyclic) bond motifs is 6. The average molecular weight is 528 g/mol. The number of benzene rings is 5. The molecular formula is C34H20N2S2. The highest BCUT2D eigenvalue weighted by molar-refractivity contribution is 7.26. The van der Waals surface area contributed by atoms with E-state index < -0.39 is 0 Å². The van der Waals surface area contributed by atoms with Gasteiger partial charge in [0.25, 0.3) is 0 Å². The molecule has 0 unspecified atom stereocenters. The van der Waals surface area contributed by atoms with Crippen molar-refractivity contribution in [1.29, 1.82) is 0 Å². The van der Waals surface area contributed by atoms with Gasteiger partial charge in [0.1, 0.15) is 6.33 Å². The van der Waals surface area contributed by atoms with E-state index in [1.165, 1.54) is 0 Å². The van der Waals surface area contributed by atoms with Crippen molar-refractivity contribution in [1.82, 2.24) is 9.97 Å². The summed E-state index contributed by atoms with van der Waals surface area (Å²) in [7, 11) is 0. The normalized spacial score (nSPS) is 14.3. The van der Waals surface area contributed by atoms with Gasteiger partial charge in [0.05, 0.1) is 25.5 Å². The molecule has 0 aliphatic heterocycles. The summed E-state index contributed by atoms with van der Waals surface area (Å²) >= 11 is 2.81. The summed E-state index contributed by atoms with van der Waals surface area (Å²) in [5.74, 6) is 0. The highest BCUT2D eigenvalue weighted by Crippen LogP contribution is 2.41. The Balaban J connectivity index is 1.32. The van der Waals surface area contributed by atoms with Gasteiger partial charge in [-0.2, -0.15) is 0 Å². The van der Waals surface area contributed by atoms with E-state index in [0.29, 0.717) is 20.5 Å². The molecule has 0 amide bonds. The number of thiophene rings is 2. The minimum atomic E-state index is -0.381. The van der Waals surface area contributed by atoms with Crippen molar-refractivity contribution in [3.63, 3.8) is 0 Å². The van der Waals surface area contributed by atoms with Crippen molar-refractivity contribution >= 4 is 63.1 Å². The lowest BCUT2D eigenvalue weighted by Crippen LogP contribution is -1.87. The fraction of sp³-hybridized carbons (Fsp3) is 0. The molecule has 38 heavy (non-hydrogen) atoms. The van der Waals surface area contributed by atoms with Crippen LogP contribution in [0.2, 0.25) is 0 Å². The molecule has 0 N–H and O–H groups in total.